The van der Waals surface area contributed by atoms with Gasteiger partial charge in [-0.3, -0.25) is 19.3 Å². The second kappa shape index (κ2) is 6.00. The second-order valence-corrected chi connectivity index (χ2v) is 6.61. The van der Waals surface area contributed by atoms with Crippen LogP contribution in [0.3, 0.4) is 0 Å². The van der Waals surface area contributed by atoms with E-state index in [9.17, 15) is 14.4 Å². The predicted molar refractivity (Wildman–Crippen MR) is 93.0 cm³/mol. The van der Waals surface area contributed by atoms with Crippen LogP contribution >= 0.6 is 0 Å². The summed E-state index contributed by atoms with van der Waals surface area (Å²) in [5.41, 5.74) is 1.90. The molecule has 2 aliphatic heterocycles. The number of benzene rings is 1. The normalized spacial score (nSPS) is 18.7. The monoisotopic (exact) mass is 343 g/mol. The van der Waals surface area contributed by atoms with Crippen molar-refractivity contribution >= 4 is 29.1 Å². The Balaban J connectivity index is 1.89. The van der Waals surface area contributed by atoms with Gasteiger partial charge in [0.15, 0.2) is 0 Å². The van der Waals surface area contributed by atoms with Gasteiger partial charge in [-0.2, -0.15) is 0 Å². The molecular weight excluding hydrogens is 322 g/mol. The summed E-state index contributed by atoms with van der Waals surface area (Å²) in [4.78, 5) is 39.3. The van der Waals surface area contributed by atoms with Gasteiger partial charge in [-0.05, 0) is 44.5 Å². The van der Waals surface area contributed by atoms with Gasteiger partial charge in [0, 0.05) is 24.0 Å². The van der Waals surface area contributed by atoms with Crippen LogP contribution in [0.25, 0.3) is 0 Å². The molecule has 0 bridgehead atoms. The van der Waals surface area contributed by atoms with E-state index in [0.29, 0.717) is 12.2 Å². The Morgan fingerprint density at radius 2 is 1.88 bits per heavy atom. The molecule has 0 saturated carbocycles. The van der Waals surface area contributed by atoms with Crippen molar-refractivity contribution in [1.29, 1.82) is 0 Å². The van der Waals surface area contributed by atoms with Crippen molar-refractivity contribution in [2.45, 2.75) is 26.2 Å². The molecule has 0 radical (unpaired) electrons. The number of amides is 3. The van der Waals surface area contributed by atoms with Crippen LogP contribution in [0.2, 0.25) is 0 Å². The summed E-state index contributed by atoms with van der Waals surface area (Å²) in [6, 6.07) is 5.47. The third-order valence-electron chi connectivity index (χ3n) is 4.67. The minimum absolute atomic E-state index is 0.0312. The van der Waals surface area contributed by atoms with Gasteiger partial charge < -0.3 is 15.3 Å². The van der Waals surface area contributed by atoms with E-state index in [1.54, 1.807) is 11.0 Å². The molecule has 1 aromatic carbocycles. The van der Waals surface area contributed by atoms with Crippen LogP contribution in [0, 0.1) is 0 Å². The van der Waals surface area contributed by atoms with Crippen LogP contribution in [0.4, 0.5) is 11.4 Å². The predicted octanol–water partition coefficient (Wildman–Crippen LogP) is 0.988. The van der Waals surface area contributed by atoms with Crippen LogP contribution in [0.15, 0.2) is 30.0 Å². The van der Waals surface area contributed by atoms with Crippen LogP contribution in [0.1, 0.15) is 26.3 Å². The molecule has 2 heterocycles. The van der Waals surface area contributed by atoms with Crippen LogP contribution < -0.4 is 10.2 Å². The first kappa shape index (κ1) is 17.2. The maximum Gasteiger partial charge on any atom is 0.277 e. The molecule has 0 fully saturated rings. The topological polar surface area (TPSA) is 90.0 Å². The van der Waals surface area contributed by atoms with Gasteiger partial charge in [0.25, 0.3) is 11.8 Å². The van der Waals surface area contributed by atoms with E-state index >= 15 is 0 Å². The smallest absolute Gasteiger partial charge is 0.277 e. The molecule has 0 atom stereocenters. The van der Waals surface area contributed by atoms with Crippen LogP contribution in [-0.4, -0.2) is 47.4 Å². The first-order valence-electron chi connectivity index (χ1n) is 8.23. The lowest BCUT2D eigenvalue weighted by molar-refractivity contribution is -0.137. The molecule has 0 unspecified atom stereocenters. The molecule has 3 amide bonds. The van der Waals surface area contributed by atoms with Crippen molar-refractivity contribution in [3.63, 3.8) is 0 Å². The molecule has 1 aromatic rings. The van der Waals surface area contributed by atoms with Gasteiger partial charge in [-0.1, -0.05) is 0 Å². The number of likely N-dealkylation sites (N-methyl/N-ethyl adjacent to an activating group) is 1. The number of aliphatic hydroxyl groups excluding tert-OH is 1. The van der Waals surface area contributed by atoms with Crippen molar-refractivity contribution in [3.05, 3.63) is 35.5 Å². The molecule has 0 saturated heterocycles. The number of nitrogens with one attached hydrogen (secondary N) is 1. The zero-order valence-electron chi connectivity index (χ0n) is 14.5. The highest BCUT2D eigenvalue weighted by Gasteiger charge is 2.43. The van der Waals surface area contributed by atoms with Gasteiger partial charge in [0.2, 0.25) is 5.91 Å². The van der Waals surface area contributed by atoms with Gasteiger partial charge in [0.05, 0.1) is 18.6 Å². The average molecular weight is 343 g/mol. The van der Waals surface area contributed by atoms with E-state index in [-0.39, 0.29) is 24.8 Å². The molecule has 3 rings (SSSR count). The third kappa shape index (κ3) is 2.60. The Morgan fingerprint density at radius 3 is 2.52 bits per heavy atom. The first-order valence-corrected chi connectivity index (χ1v) is 8.23. The summed E-state index contributed by atoms with van der Waals surface area (Å²) in [5, 5.41) is 11.9. The van der Waals surface area contributed by atoms with Crippen LogP contribution in [0.5, 0.6) is 0 Å². The Kier molecular flexibility index (Phi) is 4.12. The zero-order valence-corrected chi connectivity index (χ0v) is 14.5. The van der Waals surface area contributed by atoms with Crippen molar-refractivity contribution < 1.29 is 19.5 Å². The highest BCUT2D eigenvalue weighted by atomic mass is 16.3. The number of aliphatic hydroxyl groups is 1. The molecule has 7 nitrogen and oxygen atoms in total. The number of β-amino-alcohol motifs (C(OH)–C–C–N with tert-alkyl or cyclic N) is 1. The zero-order chi connectivity index (χ0) is 18.4. The lowest BCUT2D eigenvalue weighted by Gasteiger charge is -2.18. The lowest BCUT2D eigenvalue weighted by atomic mass is 9.86. The maximum absolute atomic E-state index is 12.5. The van der Waals surface area contributed by atoms with Crippen molar-refractivity contribution in [1.82, 2.24) is 4.90 Å². The largest absolute Gasteiger partial charge is 0.395 e. The Morgan fingerprint density at radius 1 is 1.16 bits per heavy atom. The van der Waals surface area contributed by atoms with E-state index in [2.05, 4.69) is 5.32 Å². The number of hydrogen-bond donors (Lipinski definition) is 2. The summed E-state index contributed by atoms with van der Waals surface area (Å²) in [6.45, 7) is 5.96. The molecule has 2 N–H and O–H groups in total. The number of nitrogens with zero attached hydrogens (tertiary/aromatic N) is 2. The molecular formula is C18H21N3O4. The van der Waals surface area contributed by atoms with Crippen molar-refractivity contribution in [2.24, 2.45) is 0 Å². The second-order valence-electron chi connectivity index (χ2n) is 6.61. The molecule has 0 spiro atoms. The average Bonchev–Trinajstić information content (AvgIpc) is 2.94. The van der Waals surface area contributed by atoms with Gasteiger partial charge in [0.1, 0.15) is 5.70 Å². The SMILES string of the molecule is CCN1C(=O)C(C)(C)c2cc(NC3=CC(=O)N(CCO)C3=O)ccc21. The summed E-state index contributed by atoms with van der Waals surface area (Å²) < 4.78 is 0. The first-order chi connectivity index (χ1) is 11.8. The quantitative estimate of drug-likeness (QED) is 0.778. The number of imide groups is 1. The summed E-state index contributed by atoms with van der Waals surface area (Å²) in [5.74, 6) is -0.872. The Bertz CT molecular complexity index is 798. The highest BCUT2D eigenvalue weighted by molar-refractivity contribution is 6.17. The standard InChI is InChI=1S/C18H21N3O4/c1-4-20-14-6-5-11(9-12(14)18(2,3)17(20)25)19-13-10-15(23)21(7-8-22)16(13)24/h5-6,9-10,19,22H,4,7-8H2,1-3H3. The maximum atomic E-state index is 12.5. The Labute approximate surface area is 145 Å². The van der Waals surface area contributed by atoms with Gasteiger partial charge in [-0.25, -0.2) is 0 Å². The number of rotatable bonds is 5. The molecule has 7 heteroatoms. The minimum Gasteiger partial charge on any atom is -0.395 e. The number of fused-ring (bicyclic) bond motifs is 1. The third-order valence-corrected chi connectivity index (χ3v) is 4.67. The fraction of sp³-hybridized carbons (Fsp3) is 0.389. The Hall–Kier alpha value is -2.67. The van der Waals surface area contributed by atoms with E-state index in [4.69, 9.17) is 5.11 Å². The number of hydrogen-bond acceptors (Lipinski definition) is 5. The van der Waals surface area contributed by atoms with E-state index in [1.165, 1.54) is 6.08 Å². The molecule has 2 aliphatic rings. The minimum atomic E-state index is -0.643. The summed E-state index contributed by atoms with van der Waals surface area (Å²) in [7, 11) is 0. The lowest BCUT2D eigenvalue weighted by Crippen LogP contribution is -2.35. The number of carbonyl (C=O) groups excluding carboxylic acids is 3. The van der Waals surface area contributed by atoms with Gasteiger partial charge in [-0.15, -0.1) is 0 Å². The fourth-order valence-corrected chi connectivity index (χ4v) is 3.29. The molecule has 0 aromatic heterocycles. The van der Waals surface area contributed by atoms with Crippen molar-refractivity contribution in [3.8, 4) is 0 Å². The van der Waals surface area contributed by atoms with Crippen LogP contribution in [-0.2, 0) is 19.8 Å². The van der Waals surface area contributed by atoms with E-state index < -0.39 is 17.2 Å². The summed E-state index contributed by atoms with van der Waals surface area (Å²) >= 11 is 0. The number of carbonyl (C=O) groups is 3. The van der Waals surface area contributed by atoms with E-state index in [1.807, 2.05) is 32.9 Å². The van der Waals surface area contributed by atoms with Crippen molar-refractivity contribution in [2.75, 3.05) is 29.9 Å². The van der Waals surface area contributed by atoms with E-state index in [0.717, 1.165) is 16.2 Å². The highest BCUT2D eigenvalue weighted by Crippen LogP contribution is 2.42. The van der Waals surface area contributed by atoms with Gasteiger partial charge >= 0.3 is 0 Å². The molecule has 25 heavy (non-hydrogen) atoms. The molecule has 0 aliphatic carbocycles. The summed E-state index contributed by atoms with van der Waals surface area (Å²) in [6.07, 6.45) is 1.22. The number of anilines is 2. The fourth-order valence-electron chi connectivity index (χ4n) is 3.29. The molecule has 132 valence electrons.